The maximum atomic E-state index is 11.9. The van der Waals surface area contributed by atoms with Crippen LogP contribution in [0.2, 0.25) is 0 Å². The van der Waals surface area contributed by atoms with Crippen molar-refractivity contribution in [3.8, 4) is 11.6 Å². The molecule has 1 amide bonds. The molecule has 0 atom stereocenters. The molecule has 4 aromatic rings. The second kappa shape index (κ2) is 7.14. The van der Waals surface area contributed by atoms with Gasteiger partial charge in [-0.2, -0.15) is 0 Å². The van der Waals surface area contributed by atoms with Gasteiger partial charge < -0.3 is 14.3 Å². The average molecular weight is 348 g/mol. The van der Waals surface area contributed by atoms with E-state index in [4.69, 9.17) is 4.42 Å². The van der Waals surface area contributed by atoms with Crippen LogP contribution in [0, 0.1) is 0 Å². The van der Waals surface area contributed by atoms with Gasteiger partial charge in [0, 0.05) is 36.9 Å². The molecule has 0 unspecified atom stereocenters. The van der Waals surface area contributed by atoms with E-state index in [0.29, 0.717) is 30.4 Å². The molecule has 3 heterocycles. The second-order valence-corrected chi connectivity index (χ2v) is 5.71. The van der Waals surface area contributed by atoms with Crippen molar-refractivity contribution in [1.82, 2.24) is 30.0 Å². The Bertz CT molecular complexity index is 1020. The van der Waals surface area contributed by atoms with E-state index in [-0.39, 0.29) is 12.5 Å². The van der Waals surface area contributed by atoms with Crippen LogP contribution in [0.3, 0.4) is 0 Å². The van der Waals surface area contributed by atoms with Gasteiger partial charge in [0.05, 0.1) is 12.9 Å². The smallest absolute Gasteiger partial charge is 0.266 e. The first-order valence-electron chi connectivity index (χ1n) is 8.18. The summed E-state index contributed by atoms with van der Waals surface area (Å²) in [5.41, 5.74) is 0.633. The quantitative estimate of drug-likeness (QED) is 0.573. The van der Waals surface area contributed by atoms with Crippen molar-refractivity contribution in [2.45, 2.75) is 19.5 Å². The summed E-state index contributed by atoms with van der Waals surface area (Å²) >= 11 is 0. The minimum Gasteiger partial charge on any atom is -0.417 e. The predicted molar refractivity (Wildman–Crippen MR) is 93.7 cm³/mol. The molecule has 0 aliphatic heterocycles. The lowest BCUT2D eigenvalue weighted by atomic mass is 10.1. The molecule has 3 aromatic heterocycles. The van der Waals surface area contributed by atoms with Gasteiger partial charge in [0.2, 0.25) is 11.8 Å². The number of hydrogen-bond acceptors (Lipinski definition) is 6. The lowest BCUT2D eigenvalue weighted by Gasteiger charge is -2.03. The van der Waals surface area contributed by atoms with Crippen molar-refractivity contribution in [2.75, 3.05) is 0 Å². The number of rotatable bonds is 6. The van der Waals surface area contributed by atoms with Crippen LogP contribution < -0.4 is 5.32 Å². The molecular formula is C18H16N6O2. The van der Waals surface area contributed by atoms with E-state index in [2.05, 4.69) is 25.5 Å². The third-order valence-corrected chi connectivity index (χ3v) is 3.94. The van der Waals surface area contributed by atoms with Gasteiger partial charge in [0.1, 0.15) is 5.69 Å². The lowest BCUT2D eigenvalue weighted by Crippen LogP contribution is -2.23. The minimum absolute atomic E-state index is 0.0956. The lowest BCUT2D eigenvalue weighted by molar-refractivity contribution is -0.121. The SMILES string of the molecule is O=C(CCn1ccnc1)NCc1nnc(-c2nccc3ccccc23)o1. The van der Waals surface area contributed by atoms with Crippen molar-refractivity contribution < 1.29 is 9.21 Å². The van der Waals surface area contributed by atoms with Crippen molar-refractivity contribution in [3.05, 3.63) is 61.1 Å². The summed E-state index contributed by atoms with van der Waals surface area (Å²) in [5, 5.41) is 12.8. The van der Waals surface area contributed by atoms with Crippen LogP contribution in [-0.4, -0.2) is 30.6 Å². The molecule has 8 heteroatoms. The predicted octanol–water partition coefficient (Wildman–Crippen LogP) is 2.19. The summed E-state index contributed by atoms with van der Waals surface area (Å²) in [6, 6.07) is 9.78. The number of benzene rings is 1. The molecule has 0 saturated heterocycles. The molecule has 0 bridgehead atoms. The Kier molecular flexibility index (Phi) is 4.38. The molecule has 0 fully saturated rings. The van der Waals surface area contributed by atoms with Crippen molar-refractivity contribution >= 4 is 16.7 Å². The number of aromatic nitrogens is 5. The third kappa shape index (κ3) is 3.44. The van der Waals surface area contributed by atoms with Crippen molar-refractivity contribution in [1.29, 1.82) is 0 Å². The molecule has 130 valence electrons. The number of fused-ring (bicyclic) bond motifs is 1. The second-order valence-electron chi connectivity index (χ2n) is 5.71. The summed E-state index contributed by atoms with van der Waals surface area (Å²) in [4.78, 5) is 20.2. The van der Waals surface area contributed by atoms with Gasteiger partial charge in [-0.15, -0.1) is 10.2 Å². The van der Waals surface area contributed by atoms with E-state index in [1.54, 1.807) is 18.7 Å². The number of nitrogens with one attached hydrogen (secondary N) is 1. The van der Waals surface area contributed by atoms with Crippen LogP contribution in [0.1, 0.15) is 12.3 Å². The number of carbonyl (C=O) groups excluding carboxylic acids is 1. The van der Waals surface area contributed by atoms with E-state index in [0.717, 1.165) is 10.8 Å². The number of aryl methyl sites for hydroxylation is 1. The first kappa shape index (κ1) is 15.9. The maximum Gasteiger partial charge on any atom is 0.266 e. The highest BCUT2D eigenvalue weighted by Crippen LogP contribution is 2.25. The van der Waals surface area contributed by atoms with Gasteiger partial charge in [-0.25, -0.2) is 4.98 Å². The molecule has 8 nitrogen and oxygen atoms in total. The number of pyridine rings is 1. The minimum atomic E-state index is -0.0956. The van der Waals surface area contributed by atoms with Gasteiger partial charge >= 0.3 is 0 Å². The monoisotopic (exact) mass is 348 g/mol. The van der Waals surface area contributed by atoms with E-state index in [9.17, 15) is 4.79 Å². The first-order chi connectivity index (χ1) is 12.8. The van der Waals surface area contributed by atoms with Crippen LogP contribution >= 0.6 is 0 Å². The van der Waals surface area contributed by atoms with E-state index in [1.165, 1.54) is 0 Å². The molecular weight excluding hydrogens is 332 g/mol. The van der Waals surface area contributed by atoms with E-state index in [1.807, 2.05) is 41.1 Å². The van der Waals surface area contributed by atoms with Crippen LogP contribution in [0.5, 0.6) is 0 Å². The molecule has 0 aliphatic carbocycles. The van der Waals surface area contributed by atoms with Crippen molar-refractivity contribution in [2.24, 2.45) is 0 Å². The van der Waals surface area contributed by atoms with Gasteiger partial charge in [-0.3, -0.25) is 9.78 Å². The molecule has 0 aliphatic rings. The number of carbonyl (C=O) groups is 1. The zero-order chi connectivity index (χ0) is 17.8. The largest absolute Gasteiger partial charge is 0.417 e. The highest BCUT2D eigenvalue weighted by atomic mass is 16.4. The van der Waals surface area contributed by atoms with Gasteiger partial charge in [0.25, 0.3) is 5.89 Å². The maximum absolute atomic E-state index is 11.9. The van der Waals surface area contributed by atoms with Crippen LogP contribution in [-0.2, 0) is 17.9 Å². The molecule has 26 heavy (non-hydrogen) atoms. The van der Waals surface area contributed by atoms with Crippen LogP contribution in [0.25, 0.3) is 22.4 Å². The zero-order valence-corrected chi connectivity index (χ0v) is 13.9. The number of amides is 1. The zero-order valence-electron chi connectivity index (χ0n) is 13.9. The van der Waals surface area contributed by atoms with Gasteiger partial charge in [-0.05, 0) is 11.5 Å². The summed E-state index contributed by atoms with van der Waals surface area (Å²) in [6.07, 6.45) is 7.23. The Balaban J connectivity index is 1.41. The Hall–Kier alpha value is -3.55. The van der Waals surface area contributed by atoms with Crippen LogP contribution in [0.4, 0.5) is 0 Å². The number of nitrogens with zero attached hydrogens (tertiary/aromatic N) is 5. The summed E-state index contributed by atoms with van der Waals surface area (Å²) in [5.74, 6) is 0.580. The number of hydrogen-bond donors (Lipinski definition) is 1. The molecule has 1 aromatic carbocycles. The van der Waals surface area contributed by atoms with Gasteiger partial charge in [0.15, 0.2) is 0 Å². The Morgan fingerprint density at radius 2 is 2.08 bits per heavy atom. The summed E-state index contributed by atoms with van der Waals surface area (Å²) in [6.45, 7) is 0.751. The normalized spacial score (nSPS) is 10.9. The van der Waals surface area contributed by atoms with Gasteiger partial charge in [-0.1, -0.05) is 24.3 Å². The van der Waals surface area contributed by atoms with Crippen LogP contribution in [0.15, 0.2) is 59.7 Å². The fourth-order valence-electron chi connectivity index (χ4n) is 2.62. The summed E-state index contributed by atoms with van der Waals surface area (Å²) < 4.78 is 7.51. The van der Waals surface area contributed by atoms with E-state index < -0.39 is 0 Å². The van der Waals surface area contributed by atoms with Crippen molar-refractivity contribution in [3.63, 3.8) is 0 Å². The molecule has 0 radical (unpaired) electrons. The van der Waals surface area contributed by atoms with E-state index >= 15 is 0 Å². The highest BCUT2D eigenvalue weighted by molar-refractivity contribution is 5.92. The molecule has 0 spiro atoms. The topological polar surface area (TPSA) is 98.7 Å². The Labute approximate surface area is 148 Å². The molecule has 0 saturated carbocycles. The molecule has 4 rings (SSSR count). The summed E-state index contributed by atoms with van der Waals surface area (Å²) in [7, 11) is 0. The standard InChI is InChI=1S/C18H16N6O2/c25-15(6-9-24-10-8-19-12-24)21-11-16-22-23-18(26-16)17-14-4-2-1-3-13(14)5-7-20-17/h1-5,7-8,10,12H,6,9,11H2,(H,21,25). The molecule has 1 N–H and O–H groups in total. The fraction of sp³-hybridized carbons (Fsp3) is 0.167. The Morgan fingerprint density at radius 3 is 2.96 bits per heavy atom. The highest BCUT2D eigenvalue weighted by Gasteiger charge is 2.13. The average Bonchev–Trinajstić information content (AvgIpc) is 3.36. The Morgan fingerprint density at radius 1 is 1.15 bits per heavy atom. The third-order valence-electron chi connectivity index (χ3n) is 3.94. The fourth-order valence-corrected chi connectivity index (χ4v) is 2.62. The number of imidazole rings is 1. The first-order valence-corrected chi connectivity index (χ1v) is 8.18.